The van der Waals surface area contributed by atoms with E-state index < -0.39 is 0 Å². The number of benzene rings is 1. The van der Waals surface area contributed by atoms with E-state index >= 15 is 0 Å². The van der Waals surface area contributed by atoms with Crippen molar-refractivity contribution in [3.05, 3.63) is 34.3 Å². The summed E-state index contributed by atoms with van der Waals surface area (Å²) < 4.78 is 0. The predicted octanol–water partition coefficient (Wildman–Crippen LogP) is 2.15. The van der Waals surface area contributed by atoms with Gasteiger partial charge in [0, 0.05) is 6.54 Å². The number of hydrogen-bond acceptors (Lipinski definition) is 2. The molecule has 4 heteroatoms. The molecular formula is C13H16ClNO2. The van der Waals surface area contributed by atoms with Crippen LogP contribution in [0.2, 0.25) is 5.02 Å². The number of aryl methyl sites for hydroxylation is 1. The van der Waals surface area contributed by atoms with Crippen LogP contribution in [-0.4, -0.2) is 23.7 Å². The first kappa shape index (κ1) is 12.4. The zero-order chi connectivity index (χ0) is 12.4. The summed E-state index contributed by atoms with van der Waals surface area (Å²) in [6.07, 6.45) is 1.38. The molecule has 1 aliphatic rings. The van der Waals surface area contributed by atoms with Crippen molar-refractivity contribution in [2.75, 3.05) is 6.54 Å². The molecule has 0 unspecified atom stereocenters. The SMILES string of the molecule is Cc1ccc(C(=O)NCC2CC(O)C2)c(Cl)c1. The summed E-state index contributed by atoms with van der Waals surface area (Å²) in [6.45, 7) is 2.55. The minimum Gasteiger partial charge on any atom is -0.393 e. The Hall–Kier alpha value is -1.06. The van der Waals surface area contributed by atoms with E-state index in [9.17, 15) is 4.79 Å². The van der Waals surface area contributed by atoms with E-state index in [1.165, 1.54) is 0 Å². The van der Waals surface area contributed by atoms with E-state index in [1.54, 1.807) is 12.1 Å². The molecule has 1 fully saturated rings. The fourth-order valence-corrected chi connectivity index (χ4v) is 2.32. The molecule has 0 spiro atoms. The lowest BCUT2D eigenvalue weighted by Gasteiger charge is -2.31. The lowest BCUT2D eigenvalue weighted by molar-refractivity contribution is 0.0420. The Morgan fingerprint density at radius 2 is 2.24 bits per heavy atom. The lowest BCUT2D eigenvalue weighted by Crippen LogP contribution is -2.38. The third-order valence-electron chi connectivity index (χ3n) is 3.13. The Morgan fingerprint density at radius 3 is 2.82 bits per heavy atom. The highest BCUT2D eigenvalue weighted by molar-refractivity contribution is 6.33. The first-order valence-corrected chi connectivity index (χ1v) is 6.16. The molecule has 0 heterocycles. The molecule has 92 valence electrons. The van der Waals surface area contributed by atoms with E-state index in [2.05, 4.69) is 5.32 Å². The Bertz CT molecular complexity index is 427. The van der Waals surface area contributed by atoms with Gasteiger partial charge in [0.1, 0.15) is 0 Å². The van der Waals surface area contributed by atoms with Crippen molar-refractivity contribution >= 4 is 17.5 Å². The molecule has 0 bridgehead atoms. The molecule has 2 N–H and O–H groups in total. The molecule has 1 aliphatic carbocycles. The molecule has 1 aromatic carbocycles. The average Bonchev–Trinajstić information content (AvgIpc) is 2.22. The lowest BCUT2D eigenvalue weighted by atomic mass is 9.82. The maximum atomic E-state index is 11.8. The highest BCUT2D eigenvalue weighted by Crippen LogP contribution is 2.26. The molecule has 0 saturated heterocycles. The van der Waals surface area contributed by atoms with Crippen molar-refractivity contribution in [1.82, 2.24) is 5.32 Å². The number of nitrogens with one attached hydrogen (secondary N) is 1. The van der Waals surface area contributed by atoms with Crippen molar-refractivity contribution in [2.24, 2.45) is 5.92 Å². The van der Waals surface area contributed by atoms with E-state index in [-0.39, 0.29) is 12.0 Å². The van der Waals surface area contributed by atoms with Gasteiger partial charge in [0.2, 0.25) is 0 Å². The van der Waals surface area contributed by atoms with Crippen LogP contribution >= 0.6 is 11.6 Å². The van der Waals surface area contributed by atoms with E-state index in [0.29, 0.717) is 23.0 Å². The van der Waals surface area contributed by atoms with Crippen molar-refractivity contribution < 1.29 is 9.90 Å². The Balaban J connectivity index is 1.91. The molecule has 1 aromatic rings. The van der Waals surface area contributed by atoms with Crippen LogP contribution in [0.15, 0.2) is 18.2 Å². The number of aliphatic hydroxyl groups is 1. The van der Waals surface area contributed by atoms with Crippen LogP contribution in [0.4, 0.5) is 0 Å². The minimum absolute atomic E-state index is 0.142. The Labute approximate surface area is 106 Å². The largest absolute Gasteiger partial charge is 0.393 e. The number of hydrogen-bond donors (Lipinski definition) is 2. The molecule has 3 nitrogen and oxygen atoms in total. The third-order valence-corrected chi connectivity index (χ3v) is 3.44. The summed E-state index contributed by atoms with van der Waals surface area (Å²) in [4.78, 5) is 11.8. The summed E-state index contributed by atoms with van der Waals surface area (Å²) in [5.74, 6) is 0.259. The molecule has 0 aromatic heterocycles. The molecule has 17 heavy (non-hydrogen) atoms. The summed E-state index contributed by atoms with van der Waals surface area (Å²) >= 11 is 6.01. The monoisotopic (exact) mass is 253 g/mol. The van der Waals surface area contributed by atoms with E-state index in [0.717, 1.165) is 18.4 Å². The molecule has 1 saturated carbocycles. The Kier molecular flexibility index (Phi) is 3.69. The maximum absolute atomic E-state index is 11.8. The molecule has 2 rings (SSSR count). The second-order valence-corrected chi connectivity index (χ2v) is 5.09. The fraction of sp³-hybridized carbons (Fsp3) is 0.462. The van der Waals surface area contributed by atoms with Gasteiger partial charge in [-0.15, -0.1) is 0 Å². The first-order valence-electron chi connectivity index (χ1n) is 5.78. The highest BCUT2D eigenvalue weighted by Gasteiger charge is 2.27. The molecule has 1 amide bonds. The number of carbonyl (C=O) groups excluding carboxylic acids is 1. The van der Waals surface area contributed by atoms with Crippen LogP contribution < -0.4 is 5.32 Å². The summed E-state index contributed by atoms with van der Waals surface area (Å²) in [6, 6.07) is 5.39. The van der Waals surface area contributed by atoms with Crippen molar-refractivity contribution in [3.8, 4) is 0 Å². The predicted molar refractivity (Wildman–Crippen MR) is 67.3 cm³/mol. The highest BCUT2D eigenvalue weighted by atomic mass is 35.5. The van der Waals surface area contributed by atoms with Crippen molar-refractivity contribution in [2.45, 2.75) is 25.9 Å². The molecule has 0 aliphatic heterocycles. The second-order valence-electron chi connectivity index (χ2n) is 4.68. The number of rotatable bonds is 3. The van der Waals surface area contributed by atoms with Gasteiger partial charge < -0.3 is 10.4 Å². The topological polar surface area (TPSA) is 49.3 Å². The first-order chi connectivity index (χ1) is 8.06. The van der Waals surface area contributed by atoms with E-state index in [4.69, 9.17) is 16.7 Å². The average molecular weight is 254 g/mol. The number of carbonyl (C=O) groups is 1. The van der Waals surface area contributed by atoms with E-state index in [1.807, 2.05) is 13.0 Å². The van der Waals surface area contributed by atoms with Gasteiger partial charge in [-0.1, -0.05) is 17.7 Å². The zero-order valence-electron chi connectivity index (χ0n) is 9.74. The number of amides is 1. The number of halogens is 1. The number of aliphatic hydroxyl groups excluding tert-OH is 1. The quantitative estimate of drug-likeness (QED) is 0.867. The maximum Gasteiger partial charge on any atom is 0.252 e. The second kappa shape index (κ2) is 5.07. The normalized spacial score (nSPS) is 23.0. The summed E-state index contributed by atoms with van der Waals surface area (Å²) in [5, 5.41) is 12.5. The minimum atomic E-state index is -0.181. The molecule has 0 atom stereocenters. The smallest absolute Gasteiger partial charge is 0.252 e. The standard InChI is InChI=1S/C13H16ClNO2/c1-8-2-3-11(12(14)4-8)13(17)15-7-9-5-10(16)6-9/h2-4,9-10,16H,5-7H2,1H3,(H,15,17). The van der Waals surface area contributed by atoms with Crippen LogP contribution in [0.1, 0.15) is 28.8 Å². The summed E-state index contributed by atoms with van der Waals surface area (Å²) in [5.41, 5.74) is 1.55. The van der Waals surface area contributed by atoms with Gasteiger partial charge >= 0.3 is 0 Å². The van der Waals surface area contributed by atoms with Gasteiger partial charge in [0.15, 0.2) is 0 Å². The van der Waals surface area contributed by atoms with Crippen molar-refractivity contribution in [3.63, 3.8) is 0 Å². The van der Waals surface area contributed by atoms with Crippen LogP contribution in [0.5, 0.6) is 0 Å². The van der Waals surface area contributed by atoms with Crippen LogP contribution in [0.25, 0.3) is 0 Å². The van der Waals surface area contributed by atoms with Gasteiger partial charge in [0.25, 0.3) is 5.91 Å². The molecule has 0 radical (unpaired) electrons. The fourth-order valence-electron chi connectivity index (χ4n) is 2.00. The van der Waals surface area contributed by atoms with Crippen LogP contribution in [0, 0.1) is 12.8 Å². The van der Waals surface area contributed by atoms with Crippen molar-refractivity contribution in [1.29, 1.82) is 0 Å². The Morgan fingerprint density at radius 1 is 1.53 bits per heavy atom. The van der Waals surface area contributed by atoms with Gasteiger partial charge in [-0.3, -0.25) is 4.79 Å². The van der Waals surface area contributed by atoms with Crippen LogP contribution in [0.3, 0.4) is 0 Å². The molecular weight excluding hydrogens is 238 g/mol. The van der Waals surface area contributed by atoms with Gasteiger partial charge in [0.05, 0.1) is 16.7 Å². The zero-order valence-corrected chi connectivity index (χ0v) is 10.5. The third kappa shape index (κ3) is 2.99. The van der Waals surface area contributed by atoms with Crippen LogP contribution in [-0.2, 0) is 0 Å². The summed E-state index contributed by atoms with van der Waals surface area (Å²) in [7, 11) is 0. The van der Waals surface area contributed by atoms with Gasteiger partial charge in [-0.25, -0.2) is 0 Å². The van der Waals surface area contributed by atoms with Gasteiger partial charge in [-0.2, -0.15) is 0 Å². The van der Waals surface area contributed by atoms with Gasteiger partial charge in [-0.05, 0) is 43.4 Å².